The van der Waals surface area contributed by atoms with Crippen LogP contribution in [-0.2, 0) is 4.79 Å². The Morgan fingerprint density at radius 2 is 1.91 bits per heavy atom. The van der Waals surface area contributed by atoms with E-state index >= 15 is 0 Å². The first-order valence-corrected chi connectivity index (χ1v) is 7.90. The number of fused-ring (bicyclic) bond motifs is 1. The SMILES string of the molecule is C[C@H]1Oc2ccc(NC(=O)c3ccc(Br)cc3)cc2N(C)C1=O. The summed E-state index contributed by atoms with van der Waals surface area (Å²) in [6.07, 6.45) is -0.504. The number of carbonyl (C=O) groups excluding carboxylic acids is 2. The number of nitrogens with zero attached hydrogens (tertiary/aromatic N) is 1. The number of rotatable bonds is 2. The van der Waals surface area contributed by atoms with Gasteiger partial charge in [-0.3, -0.25) is 9.59 Å². The molecule has 0 unspecified atom stereocenters. The Hall–Kier alpha value is -2.34. The lowest BCUT2D eigenvalue weighted by atomic mass is 10.1. The molecule has 118 valence electrons. The van der Waals surface area contributed by atoms with Gasteiger partial charge in [0.05, 0.1) is 5.69 Å². The molecule has 1 N–H and O–H groups in total. The summed E-state index contributed by atoms with van der Waals surface area (Å²) in [4.78, 5) is 25.8. The third-order valence-corrected chi connectivity index (χ3v) is 4.20. The predicted molar refractivity (Wildman–Crippen MR) is 92.0 cm³/mol. The third-order valence-electron chi connectivity index (χ3n) is 3.67. The normalized spacial score (nSPS) is 16.6. The molecule has 1 atom stereocenters. The Kier molecular flexibility index (Phi) is 4.09. The van der Waals surface area contributed by atoms with Gasteiger partial charge in [0, 0.05) is 22.8 Å². The fourth-order valence-electron chi connectivity index (χ4n) is 2.39. The highest BCUT2D eigenvalue weighted by molar-refractivity contribution is 9.10. The Morgan fingerprint density at radius 3 is 2.61 bits per heavy atom. The summed E-state index contributed by atoms with van der Waals surface area (Å²) in [5.41, 5.74) is 1.80. The van der Waals surface area contributed by atoms with E-state index in [2.05, 4.69) is 21.2 Å². The maximum Gasteiger partial charge on any atom is 0.267 e. The number of halogens is 1. The van der Waals surface area contributed by atoms with Gasteiger partial charge in [-0.05, 0) is 49.4 Å². The Balaban J connectivity index is 1.83. The van der Waals surface area contributed by atoms with Crippen molar-refractivity contribution in [1.29, 1.82) is 0 Å². The van der Waals surface area contributed by atoms with Crippen molar-refractivity contribution in [1.82, 2.24) is 0 Å². The van der Waals surface area contributed by atoms with E-state index < -0.39 is 6.10 Å². The van der Waals surface area contributed by atoms with Gasteiger partial charge in [-0.15, -0.1) is 0 Å². The van der Waals surface area contributed by atoms with Crippen molar-refractivity contribution in [2.24, 2.45) is 0 Å². The van der Waals surface area contributed by atoms with Crippen molar-refractivity contribution in [2.45, 2.75) is 13.0 Å². The number of likely N-dealkylation sites (N-methyl/N-ethyl adjacent to an activating group) is 1. The molecule has 0 bridgehead atoms. The van der Waals surface area contributed by atoms with Crippen molar-refractivity contribution in [3.05, 3.63) is 52.5 Å². The summed E-state index contributed by atoms with van der Waals surface area (Å²) in [5.74, 6) is 0.298. The summed E-state index contributed by atoms with van der Waals surface area (Å²) in [6.45, 7) is 1.71. The summed E-state index contributed by atoms with van der Waals surface area (Å²) in [7, 11) is 1.69. The molecule has 1 heterocycles. The van der Waals surface area contributed by atoms with Gasteiger partial charge in [-0.2, -0.15) is 0 Å². The minimum absolute atomic E-state index is 0.117. The maximum absolute atomic E-state index is 12.3. The molecule has 0 saturated heterocycles. The number of benzene rings is 2. The molecule has 3 rings (SSSR count). The maximum atomic E-state index is 12.3. The van der Waals surface area contributed by atoms with Crippen LogP contribution in [0.2, 0.25) is 0 Å². The van der Waals surface area contributed by atoms with Crippen LogP contribution in [0.25, 0.3) is 0 Å². The summed E-state index contributed by atoms with van der Waals surface area (Å²) < 4.78 is 6.47. The number of amides is 2. The van der Waals surface area contributed by atoms with Gasteiger partial charge < -0.3 is 15.0 Å². The molecule has 1 aliphatic heterocycles. The van der Waals surface area contributed by atoms with E-state index in [0.29, 0.717) is 22.7 Å². The highest BCUT2D eigenvalue weighted by Gasteiger charge is 2.29. The molecule has 5 nitrogen and oxygen atoms in total. The van der Waals surface area contributed by atoms with Crippen molar-refractivity contribution in [2.75, 3.05) is 17.3 Å². The van der Waals surface area contributed by atoms with E-state index in [9.17, 15) is 9.59 Å². The van der Waals surface area contributed by atoms with Gasteiger partial charge in [-0.25, -0.2) is 0 Å². The molecule has 0 spiro atoms. The topological polar surface area (TPSA) is 58.6 Å². The van der Waals surface area contributed by atoms with Gasteiger partial charge in [0.25, 0.3) is 11.8 Å². The Morgan fingerprint density at radius 1 is 1.22 bits per heavy atom. The zero-order chi connectivity index (χ0) is 16.6. The number of ether oxygens (including phenoxy) is 1. The van der Waals surface area contributed by atoms with Gasteiger partial charge >= 0.3 is 0 Å². The zero-order valence-corrected chi connectivity index (χ0v) is 14.3. The number of anilines is 2. The fraction of sp³-hybridized carbons (Fsp3) is 0.176. The molecule has 0 fully saturated rings. The molecule has 0 aliphatic carbocycles. The molecule has 2 aromatic rings. The van der Waals surface area contributed by atoms with E-state index in [1.165, 1.54) is 0 Å². The third kappa shape index (κ3) is 3.07. The largest absolute Gasteiger partial charge is 0.479 e. The van der Waals surface area contributed by atoms with Crippen LogP contribution in [0.1, 0.15) is 17.3 Å². The van der Waals surface area contributed by atoms with E-state index in [-0.39, 0.29) is 11.8 Å². The molecule has 2 aromatic carbocycles. The van der Waals surface area contributed by atoms with E-state index in [0.717, 1.165) is 4.47 Å². The quantitative estimate of drug-likeness (QED) is 0.875. The molecule has 0 radical (unpaired) electrons. The second-order valence-electron chi connectivity index (χ2n) is 5.30. The zero-order valence-electron chi connectivity index (χ0n) is 12.7. The molecule has 1 aliphatic rings. The first-order valence-electron chi connectivity index (χ1n) is 7.11. The number of hydrogen-bond acceptors (Lipinski definition) is 3. The molecule has 0 saturated carbocycles. The minimum atomic E-state index is -0.504. The molecule has 2 amide bonds. The number of carbonyl (C=O) groups is 2. The van der Waals surface area contributed by atoms with Crippen LogP contribution < -0.4 is 15.0 Å². The average molecular weight is 375 g/mol. The van der Waals surface area contributed by atoms with Crippen LogP contribution in [-0.4, -0.2) is 25.0 Å². The van der Waals surface area contributed by atoms with Crippen LogP contribution in [0.4, 0.5) is 11.4 Å². The Bertz CT molecular complexity index is 774. The van der Waals surface area contributed by atoms with Crippen molar-refractivity contribution in [3.8, 4) is 5.75 Å². The number of hydrogen-bond donors (Lipinski definition) is 1. The predicted octanol–water partition coefficient (Wildman–Crippen LogP) is 3.45. The lowest BCUT2D eigenvalue weighted by Crippen LogP contribution is -2.41. The van der Waals surface area contributed by atoms with Crippen LogP contribution >= 0.6 is 15.9 Å². The minimum Gasteiger partial charge on any atom is -0.479 e. The van der Waals surface area contributed by atoms with E-state index in [4.69, 9.17) is 4.74 Å². The summed E-state index contributed by atoms with van der Waals surface area (Å²) in [6, 6.07) is 12.3. The fourth-order valence-corrected chi connectivity index (χ4v) is 2.66. The molecule has 0 aromatic heterocycles. The van der Waals surface area contributed by atoms with Gasteiger partial charge in [0.1, 0.15) is 5.75 Å². The highest BCUT2D eigenvalue weighted by atomic mass is 79.9. The number of nitrogens with one attached hydrogen (secondary N) is 1. The molecular formula is C17H15BrN2O3. The van der Waals surface area contributed by atoms with Crippen molar-refractivity contribution in [3.63, 3.8) is 0 Å². The molecular weight excluding hydrogens is 360 g/mol. The lowest BCUT2D eigenvalue weighted by Gasteiger charge is -2.30. The Labute approximate surface area is 142 Å². The van der Waals surface area contributed by atoms with E-state index in [1.54, 1.807) is 49.2 Å². The van der Waals surface area contributed by atoms with Gasteiger partial charge in [0.15, 0.2) is 6.10 Å². The highest BCUT2D eigenvalue weighted by Crippen LogP contribution is 2.35. The molecule has 6 heteroatoms. The summed E-state index contributed by atoms with van der Waals surface area (Å²) >= 11 is 3.34. The molecule has 23 heavy (non-hydrogen) atoms. The first-order chi connectivity index (χ1) is 11.0. The smallest absolute Gasteiger partial charge is 0.267 e. The second-order valence-corrected chi connectivity index (χ2v) is 6.22. The first kappa shape index (κ1) is 15.6. The van der Waals surface area contributed by atoms with Gasteiger partial charge in [-0.1, -0.05) is 15.9 Å². The lowest BCUT2D eigenvalue weighted by molar-refractivity contribution is -0.125. The average Bonchev–Trinajstić information content (AvgIpc) is 2.54. The van der Waals surface area contributed by atoms with Crippen LogP contribution in [0.5, 0.6) is 5.75 Å². The monoisotopic (exact) mass is 374 g/mol. The summed E-state index contributed by atoms with van der Waals surface area (Å²) in [5, 5.41) is 2.83. The van der Waals surface area contributed by atoms with Crippen molar-refractivity contribution < 1.29 is 14.3 Å². The van der Waals surface area contributed by atoms with Crippen LogP contribution in [0, 0.1) is 0 Å². The van der Waals surface area contributed by atoms with Crippen LogP contribution in [0.3, 0.4) is 0 Å². The van der Waals surface area contributed by atoms with Gasteiger partial charge in [0.2, 0.25) is 0 Å². The second kappa shape index (κ2) is 6.04. The van der Waals surface area contributed by atoms with Crippen molar-refractivity contribution >= 4 is 39.1 Å². The standard InChI is InChI=1S/C17H15BrN2O3/c1-10-17(22)20(2)14-9-13(7-8-15(14)23-10)19-16(21)11-3-5-12(18)6-4-11/h3-10H,1-2H3,(H,19,21)/t10-/m1/s1. The van der Waals surface area contributed by atoms with E-state index in [1.807, 2.05) is 12.1 Å². The van der Waals surface area contributed by atoms with Crippen LogP contribution in [0.15, 0.2) is 46.9 Å².